The van der Waals surface area contributed by atoms with Gasteiger partial charge in [-0.1, -0.05) is 36.3 Å². The largest absolute Gasteiger partial charge is 0.391 e. The Morgan fingerprint density at radius 1 is 1.14 bits per heavy atom. The van der Waals surface area contributed by atoms with E-state index in [9.17, 15) is 5.11 Å². The summed E-state index contributed by atoms with van der Waals surface area (Å²) in [6, 6.07) is 10.9. The van der Waals surface area contributed by atoms with Gasteiger partial charge in [0, 0.05) is 6.54 Å². The monoisotopic (exact) mass is 406 g/mol. The molecule has 1 aliphatic carbocycles. The van der Waals surface area contributed by atoms with E-state index in [0.29, 0.717) is 0 Å². The fourth-order valence-electron chi connectivity index (χ4n) is 4.48. The summed E-state index contributed by atoms with van der Waals surface area (Å²) in [5.74, 6) is 0. The van der Waals surface area contributed by atoms with Crippen molar-refractivity contribution in [1.82, 2.24) is 14.5 Å². The highest BCUT2D eigenvalue weighted by atomic mass is 32.1. The van der Waals surface area contributed by atoms with Crippen molar-refractivity contribution >= 4 is 37.7 Å². The number of aromatic nitrogens is 3. The van der Waals surface area contributed by atoms with Gasteiger partial charge in [0.1, 0.15) is 0 Å². The number of rotatable bonds is 4. The fourth-order valence-corrected chi connectivity index (χ4v) is 5.47. The van der Waals surface area contributed by atoms with Crippen molar-refractivity contribution in [3.8, 4) is 0 Å². The van der Waals surface area contributed by atoms with Gasteiger partial charge in [0.05, 0.1) is 39.7 Å². The molecule has 2 unspecified atom stereocenters. The Labute approximate surface area is 174 Å². The number of hydrogen-bond acceptors (Lipinski definition) is 5. The van der Waals surface area contributed by atoms with Crippen molar-refractivity contribution in [1.29, 1.82) is 0 Å². The first-order valence-electron chi connectivity index (χ1n) is 10.3. The molecule has 4 aromatic rings. The van der Waals surface area contributed by atoms with E-state index in [4.69, 9.17) is 4.98 Å². The zero-order chi connectivity index (χ0) is 20.0. The fraction of sp³-hybridized carbons (Fsp3) is 0.391. The first kappa shape index (κ1) is 18.6. The average molecular weight is 407 g/mol. The molecule has 2 heterocycles. The van der Waals surface area contributed by atoms with Gasteiger partial charge in [-0.3, -0.25) is 0 Å². The number of imidazole rings is 1. The zero-order valence-electron chi connectivity index (χ0n) is 16.9. The van der Waals surface area contributed by atoms with Crippen molar-refractivity contribution in [3.63, 3.8) is 0 Å². The maximum Gasteiger partial charge on any atom is 0.184 e. The van der Waals surface area contributed by atoms with Crippen LogP contribution in [0.2, 0.25) is 0 Å². The van der Waals surface area contributed by atoms with Crippen LogP contribution in [0.1, 0.15) is 42.4 Å². The number of aliphatic hydroxyl groups is 1. The van der Waals surface area contributed by atoms with Crippen LogP contribution in [0, 0.1) is 13.8 Å². The number of nitrogens with zero attached hydrogens (tertiary/aromatic N) is 3. The third-order valence-electron chi connectivity index (χ3n) is 5.89. The summed E-state index contributed by atoms with van der Waals surface area (Å²) in [6.45, 7) is 5.05. The number of anilines is 1. The van der Waals surface area contributed by atoms with Crippen LogP contribution in [0.25, 0.3) is 21.3 Å². The molecule has 1 saturated carbocycles. The predicted octanol–water partition coefficient (Wildman–Crippen LogP) is 5.03. The third kappa shape index (κ3) is 3.63. The lowest BCUT2D eigenvalue weighted by molar-refractivity contribution is 0.116. The first-order valence-corrected chi connectivity index (χ1v) is 11.1. The molecule has 150 valence electrons. The number of aliphatic hydroxyl groups excluding tert-OH is 1. The molecule has 2 aromatic carbocycles. The minimum absolute atomic E-state index is 0.118. The number of nitrogens with one attached hydrogen (secondary N) is 1. The highest BCUT2D eigenvalue weighted by Gasteiger charge is 2.23. The SMILES string of the molecule is Cc1cc(C)c2c(c1)ncn2Cc1ccc2nc(NC3CCCCC3O)sc2c1. The van der Waals surface area contributed by atoms with Crippen molar-refractivity contribution in [2.24, 2.45) is 0 Å². The molecule has 29 heavy (non-hydrogen) atoms. The van der Waals surface area contributed by atoms with E-state index in [-0.39, 0.29) is 12.1 Å². The topological polar surface area (TPSA) is 63.0 Å². The van der Waals surface area contributed by atoms with E-state index in [1.807, 2.05) is 6.33 Å². The highest BCUT2D eigenvalue weighted by Crippen LogP contribution is 2.30. The predicted molar refractivity (Wildman–Crippen MR) is 120 cm³/mol. The second-order valence-electron chi connectivity index (χ2n) is 8.25. The number of fused-ring (bicyclic) bond motifs is 2. The minimum atomic E-state index is -0.271. The summed E-state index contributed by atoms with van der Waals surface area (Å²) in [5.41, 5.74) is 7.01. The molecule has 0 bridgehead atoms. The summed E-state index contributed by atoms with van der Waals surface area (Å²) in [4.78, 5) is 9.32. The van der Waals surface area contributed by atoms with Crippen LogP contribution < -0.4 is 5.32 Å². The molecular weight excluding hydrogens is 380 g/mol. The molecule has 2 N–H and O–H groups in total. The summed E-state index contributed by atoms with van der Waals surface area (Å²) in [5, 5.41) is 14.6. The van der Waals surface area contributed by atoms with Crippen LogP contribution in [-0.2, 0) is 6.54 Å². The molecular formula is C23H26N4OS. The molecule has 0 radical (unpaired) electrons. The van der Waals surface area contributed by atoms with Gasteiger partial charge in [0.25, 0.3) is 0 Å². The van der Waals surface area contributed by atoms with Crippen molar-refractivity contribution in [2.45, 2.75) is 58.2 Å². The molecule has 1 aliphatic rings. The Bertz CT molecular complexity index is 1180. The van der Waals surface area contributed by atoms with Gasteiger partial charge in [-0.05, 0) is 61.6 Å². The van der Waals surface area contributed by atoms with E-state index in [1.54, 1.807) is 11.3 Å². The van der Waals surface area contributed by atoms with Gasteiger partial charge in [0.2, 0.25) is 0 Å². The lowest BCUT2D eigenvalue weighted by atomic mass is 9.93. The molecule has 2 atom stereocenters. The highest BCUT2D eigenvalue weighted by molar-refractivity contribution is 7.22. The standard InChI is InChI=1S/C23H26N4OS/c1-14-9-15(2)22-19(10-14)24-13-27(22)12-16-7-8-18-21(11-16)29-23(26-18)25-17-5-3-4-6-20(17)28/h7-11,13,17,20,28H,3-6,12H2,1-2H3,(H,25,26). The van der Waals surface area contributed by atoms with Gasteiger partial charge in [-0.2, -0.15) is 0 Å². The Morgan fingerprint density at radius 3 is 2.86 bits per heavy atom. The smallest absolute Gasteiger partial charge is 0.184 e. The van der Waals surface area contributed by atoms with E-state index < -0.39 is 0 Å². The van der Waals surface area contributed by atoms with E-state index in [2.05, 4.69) is 59.0 Å². The Morgan fingerprint density at radius 2 is 2.00 bits per heavy atom. The number of thiazole rings is 1. The maximum absolute atomic E-state index is 10.2. The number of hydrogen-bond donors (Lipinski definition) is 2. The van der Waals surface area contributed by atoms with Crippen LogP contribution in [0.15, 0.2) is 36.7 Å². The van der Waals surface area contributed by atoms with Crippen molar-refractivity contribution in [2.75, 3.05) is 5.32 Å². The van der Waals surface area contributed by atoms with E-state index in [0.717, 1.165) is 42.0 Å². The van der Waals surface area contributed by atoms with Crippen LogP contribution >= 0.6 is 11.3 Å². The average Bonchev–Trinajstić information content (AvgIpc) is 3.27. The molecule has 5 nitrogen and oxygen atoms in total. The van der Waals surface area contributed by atoms with Gasteiger partial charge < -0.3 is 15.0 Å². The summed E-state index contributed by atoms with van der Waals surface area (Å²) < 4.78 is 3.40. The first-order chi connectivity index (χ1) is 14.1. The van der Waals surface area contributed by atoms with Gasteiger partial charge in [-0.25, -0.2) is 9.97 Å². The Kier molecular flexibility index (Phi) is 4.76. The lowest BCUT2D eigenvalue weighted by Gasteiger charge is -2.27. The summed E-state index contributed by atoms with van der Waals surface area (Å²) in [7, 11) is 0. The number of benzene rings is 2. The van der Waals surface area contributed by atoms with Crippen LogP contribution in [-0.4, -0.2) is 31.8 Å². The minimum Gasteiger partial charge on any atom is -0.391 e. The van der Waals surface area contributed by atoms with Gasteiger partial charge in [-0.15, -0.1) is 0 Å². The van der Waals surface area contributed by atoms with Gasteiger partial charge in [0.15, 0.2) is 5.13 Å². The Hall–Kier alpha value is -2.44. The van der Waals surface area contributed by atoms with Crippen molar-refractivity contribution in [3.05, 3.63) is 53.3 Å². The number of aryl methyl sites for hydroxylation is 2. The third-order valence-corrected chi connectivity index (χ3v) is 6.84. The molecule has 2 aromatic heterocycles. The van der Waals surface area contributed by atoms with Crippen molar-refractivity contribution < 1.29 is 5.11 Å². The second kappa shape index (κ2) is 7.43. The van der Waals surface area contributed by atoms with Crippen LogP contribution in [0.4, 0.5) is 5.13 Å². The van der Waals surface area contributed by atoms with Gasteiger partial charge >= 0.3 is 0 Å². The van der Waals surface area contributed by atoms with Crippen LogP contribution in [0.3, 0.4) is 0 Å². The maximum atomic E-state index is 10.2. The molecule has 0 aliphatic heterocycles. The van der Waals surface area contributed by atoms with E-state index >= 15 is 0 Å². The molecule has 5 rings (SSSR count). The van der Waals surface area contributed by atoms with Crippen LogP contribution in [0.5, 0.6) is 0 Å². The quantitative estimate of drug-likeness (QED) is 0.499. The molecule has 6 heteroatoms. The summed E-state index contributed by atoms with van der Waals surface area (Å²) in [6.07, 6.45) is 5.84. The van der Waals surface area contributed by atoms with E-state index in [1.165, 1.54) is 33.3 Å². The normalized spacial score (nSPS) is 19.8. The molecule has 0 saturated heterocycles. The Balaban J connectivity index is 1.40. The lowest BCUT2D eigenvalue weighted by Crippen LogP contribution is -2.36. The molecule has 1 fully saturated rings. The second-order valence-corrected chi connectivity index (χ2v) is 9.28. The molecule has 0 spiro atoms. The summed E-state index contributed by atoms with van der Waals surface area (Å²) >= 11 is 1.67. The molecule has 0 amide bonds. The zero-order valence-corrected chi connectivity index (χ0v) is 17.7.